The Balaban J connectivity index is 2.20. The van der Waals surface area contributed by atoms with Crippen molar-refractivity contribution >= 4 is 23.2 Å². The highest BCUT2D eigenvalue weighted by molar-refractivity contribution is 6.33. The Morgan fingerprint density at radius 1 is 1.41 bits per heavy atom. The number of hydrogen-bond acceptors (Lipinski definition) is 3. The van der Waals surface area contributed by atoms with Gasteiger partial charge in [-0.05, 0) is 17.7 Å². The van der Waals surface area contributed by atoms with E-state index in [9.17, 15) is 4.79 Å². The Hall–Kier alpha value is -1.26. The van der Waals surface area contributed by atoms with Gasteiger partial charge >= 0.3 is 0 Å². The Morgan fingerprint density at radius 3 is 2.76 bits per heavy atom. The number of hydrogen-bond donors (Lipinski definition) is 1. The van der Waals surface area contributed by atoms with Crippen LogP contribution >= 0.6 is 11.6 Å². The van der Waals surface area contributed by atoms with Crippen LogP contribution < -0.4 is 4.90 Å². The molecule has 0 aliphatic carbocycles. The second-order valence-corrected chi connectivity index (χ2v) is 4.59. The van der Waals surface area contributed by atoms with Crippen molar-refractivity contribution in [1.29, 1.82) is 0 Å². The summed E-state index contributed by atoms with van der Waals surface area (Å²) in [6.07, 6.45) is 0. The Kier molecular flexibility index (Phi) is 3.54. The maximum atomic E-state index is 11.6. The van der Waals surface area contributed by atoms with Gasteiger partial charge in [-0.1, -0.05) is 17.7 Å². The monoisotopic (exact) mass is 254 g/mol. The molecule has 1 amide bonds. The molecule has 1 aliphatic rings. The second-order valence-electron chi connectivity index (χ2n) is 4.18. The normalized spacial score (nSPS) is 16.5. The smallest absolute Gasteiger partial charge is 0.241 e. The molecule has 1 saturated heterocycles. The lowest BCUT2D eigenvalue weighted by molar-refractivity contribution is -0.129. The number of amides is 1. The van der Waals surface area contributed by atoms with Crippen LogP contribution in [-0.4, -0.2) is 42.6 Å². The zero-order valence-corrected chi connectivity index (χ0v) is 10.4. The minimum atomic E-state index is -0.0261. The van der Waals surface area contributed by atoms with Crippen LogP contribution in [0.25, 0.3) is 0 Å². The van der Waals surface area contributed by atoms with E-state index in [-0.39, 0.29) is 12.5 Å². The van der Waals surface area contributed by atoms with Crippen LogP contribution in [0.4, 0.5) is 5.69 Å². The summed E-state index contributed by atoms with van der Waals surface area (Å²) in [6.45, 7) is 1.81. The molecule has 0 atom stereocenters. The van der Waals surface area contributed by atoms with E-state index < -0.39 is 0 Å². The number of anilines is 1. The molecule has 92 valence electrons. The summed E-state index contributed by atoms with van der Waals surface area (Å²) in [4.78, 5) is 15.3. The van der Waals surface area contributed by atoms with Gasteiger partial charge in [0.25, 0.3) is 0 Å². The molecule has 5 heteroatoms. The summed E-state index contributed by atoms with van der Waals surface area (Å²) in [5, 5.41) is 9.58. The van der Waals surface area contributed by atoms with Crippen LogP contribution in [0.5, 0.6) is 0 Å². The average Bonchev–Trinajstić information content (AvgIpc) is 2.32. The maximum absolute atomic E-state index is 11.6. The third-order valence-corrected chi connectivity index (χ3v) is 3.30. The lowest BCUT2D eigenvalue weighted by Gasteiger charge is -2.34. The number of rotatable bonds is 2. The van der Waals surface area contributed by atoms with E-state index in [1.54, 1.807) is 18.0 Å². The van der Waals surface area contributed by atoms with Gasteiger partial charge in [0.1, 0.15) is 0 Å². The SMILES string of the molecule is CN1CCN(c2ccc(CO)cc2Cl)CC1=O. The van der Waals surface area contributed by atoms with Gasteiger partial charge in [0.05, 0.1) is 23.9 Å². The molecule has 0 spiro atoms. The third kappa shape index (κ3) is 2.53. The summed E-state index contributed by atoms with van der Waals surface area (Å²) < 4.78 is 0. The summed E-state index contributed by atoms with van der Waals surface area (Å²) >= 11 is 6.15. The fraction of sp³-hybridized carbons (Fsp3) is 0.417. The molecule has 0 saturated carbocycles. The topological polar surface area (TPSA) is 43.8 Å². The molecule has 2 rings (SSSR count). The summed E-state index contributed by atoms with van der Waals surface area (Å²) in [5.41, 5.74) is 1.63. The first-order chi connectivity index (χ1) is 8.11. The van der Waals surface area contributed by atoms with Crippen LogP contribution in [-0.2, 0) is 11.4 Å². The quantitative estimate of drug-likeness (QED) is 0.860. The second kappa shape index (κ2) is 4.94. The number of halogens is 1. The molecular formula is C12H15ClN2O2. The number of carbonyl (C=O) groups is 1. The fourth-order valence-corrected chi connectivity index (χ4v) is 2.19. The van der Waals surface area contributed by atoms with Gasteiger partial charge in [0.2, 0.25) is 5.91 Å². The van der Waals surface area contributed by atoms with E-state index in [0.717, 1.165) is 17.8 Å². The van der Waals surface area contributed by atoms with Crippen LogP contribution in [0.3, 0.4) is 0 Å². The predicted octanol–water partition coefficient (Wildman–Crippen LogP) is 1.11. The van der Waals surface area contributed by atoms with Crippen molar-refractivity contribution in [3.8, 4) is 0 Å². The minimum Gasteiger partial charge on any atom is -0.392 e. The maximum Gasteiger partial charge on any atom is 0.241 e. The van der Waals surface area contributed by atoms with Crippen molar-refractivity contribution in [2.24, 2.45) is 0 Å². The third-order valence-electron chi connectivity index (χ3n) is 2.99. The van der Waals surface area contributed by atoms with E-state index in [0.29, 0.717) is 18.1 Å². The highest BCUT2D eigenvalue weighted by Gasteiger charge is 2.22. The van der Waals surface area contributed by atoms with Crippen LogP contribution in [0.2, 0.25) is 5.02 Å². The van der Waals surface area contributed by atoms with Gasteiger partial charge in [0, 0.05) is 20.1 Å². The number of aliphatic hydroxyl groups is 1. The van der Waals surface area contributed by atoms with Crippen molar-refractivity contribution in [2.75, 3.05) is 31.6 Å². The largest absolute Gasteiger partial charge is 0.392 e. The van der Waals surface area contributed by atoms with Gasteiger partial charge in [0.15, 0.2) is 0 Å². The average molecular weight is 255 g/mol. The minimum absolute atomic E-state index is 0.0261. The van der Waals surface area contributed by atoms with E-state index in [1.165, 1.54) is 0 Å². The summed E-state index contributed by atoms with van der Waals surface area (Å²) in [7, 11) is 1.80. The molecular weight excluding hydrogens is 240 g/mol. The van der Waals surface area contributed by atoms with Crippen molar-refractivity contribution < 1.29 is 9.90 Å². The summed E-state index contributed by atoms with van der Waals surface area (Å²) in [5.74, 6) is 0.0959. The standard InChI is InChI=1S/C12H15ClN2O2/c1-14-4-5-15(7-12(14)17)11-3-2-9(8-16)6-10(11)13/h2-3,6,16H,4-5,7-8H2,1H3. The first-order valence-electron chi connectivity index (χ1n) is 5.50. The first-order valence-corrected chi connectivity index (χ1v) is 5.88. The van der Waals surface area contributed by atoms with Gasteiger partial charge in [-0.25, -0.2) is 0 Å². The van der Waals surface area contributed by atoms with E-state index in [1.807, 2.05) is 17.0 Å². The summed E-state index contributed by atoms with van der Waals surface area (Å²) in [6, 6.07) is 5.41. The van der Waals surface area contributed by atoms with Gasteiger partial charge < -0.3 is 14.9 Å². The van der Waals surface area contributed by atoms with E-state index in [4.69, 9.17) is 16.7 Å². The highest BCUT2D eigenvalue weighted by Crippen LogP contribution is 2.27. The van der Waals surface area contributed by atoms with E-state index >= 15 is 0 Å². The lowest BCUT2D eigenvalue weighted by atomic mass is 10.2. The lowest BCUT2D eigenvalue weighted by Crippen LogP contribution is -2.48. The molecule has 17 heavy (non-hydrogen) atoms. The number of nitrogens with zero attached hydrogens (tertiary/aromatic N) is 2. The molecule has 0 unspecified atom stereocenters. The van der Waals surface area contributed by atoms with Crippen LogP contribution in [0.15, 0.2) is 18.2 Å². The molecule has 1 N–H and O–H groups in total. The molecule has 1 aromatic carbocycles. The Labute approximate surface area is 105 Å². The number of carbonyl (C=O) groups excluding carboxylic acids is 1. The number of piperazine rings is 1. The van der Waals surface area contributed by atoms with Gasteiger partial charge in [-0.15, -0.1) is 0 Å². The number of likely N-dealkylation sites (N-methyl/N-ethyl adjacent to an activating group) is 1. The molecule has 1 aliphatic heterocycles. The Bertz CT molecular complexity index is 437. The molecule has 0 bridgehead atoms. The van der Waals surface area contributed by atoms with Gasteiger partial charge in [-0.3, -0.25) is 4.79 Å². The van der Waals surface area contributed by atoms with Crippen molar-refractivity contribution in [3.63, 3.8) is 0 Å². The van der Waals surface area contributed by atoms with Gasteiger partial charge in [-0.2, -0.15) is 0 Å². The molecule has 4 nitrogen and oxygen atoms in total. The molecule has 0 aromatic heterocycles. The van der Waals surface area contributed by atoms with Crippen molar-refractivity contribution in [2.45, 2.75) is 6.61 Å². The number of aliphatic hydroxyl groups excluding tert-OH is 1. The van der Waals surface area contributed by atoms with E-state index in [2.05, 4.69) is 0 Å². The number of benzene rings is 1. The fourth-order valence-electron chi connectivity index (χ4n) is 1.87. The predicted molar refractivity (Wildman–Crippen MR) is 67.2 cm³/mol. The Morgan fingerprint density at radius 2 is 2.18 bits per heavy atom. The van der Waals surface area contributed by atoms with Crippen molar-refractivity contribution in [1.82, 2.24) is 4.90 Å². The highest BCUT2D eigenvalue weighted by atomic mass is 35.5. The zero-order valence-electron chi connectivity index (χ0n) is 9.69. The van der Waals surface area contributed by atoms with Crippen LogP contribution in [0, 0.1) is 0 Å². The molecule has 0 radical (unpaired) electrons. The van der Waals surface area contributed by atoms with Crippen molar-refractivity contribution in [3.05, 3.63) is 28.8 Å². The first kappa shape index (κ1) is 12.2. The zero-order chi connectivity index (χ0) is 12.4. The molecule has 1 heterocycles. The molecule has 1 fully saturated rings. The van der Waals surface area contributed by atoms with Crippen LogP contribution in [0.1, 0.15) is 5.56 Å². The molecule has 1 aromatic rings.